The Balaban J connectivity index is 0.000000500. The van der Waals surface area contributed by atoms with Gasteiger partial charge in [-0.15, -0.1) is 0 Å². The van der Waals surface area contributed by atoms with Crippen molar-refractivity contribution >= 4 is 48.6 Å². The topological polar surface area (TPSA) is 15.8 Å². The predicted molar refractivity (Wildman–Crippen MR) is 44.1 cm³/mol. The van der Waals surface area contributed by atoms with Crippen LogP contribution in [0.25, 0.3) is 10.9 Å². The van der Waals surface area contributed by atoms with Gasteiger partial charge in [-0.1, -0.05) is 18.2 Å². The van der Waals surface area contributed by atoms with Crippen LogP contribution < -0.4 is 0 Å². The fourth-order valence-corrected chi connectivity index (χ4v) is 0.995. The van der Waals surface area contributed by atoms with Crippen molar-refractivity contribution in [3.05, 3.63) is 36.5 Å². The first-order valence-corrected chi connectivity index (χ1v) is 2.99. The predicted octanol–water partition coefficient (Wildman–Crippen LogP) is 1.79. The minimum atomic E-state index is 0. The molecule has 2 heteroatoms. The quantitative estimate of drug-likeness (QED) is 0.561. The van der Waals surface area contributed by atoms with Crippen LogP contribution in [0.3, 0.4) is 0 Å². The van der Waals surface area contributed by atoms with Crippen LogP contribution in [0.15, 0.2) is 36.5 Å². The molecule has 0 saturated heterocycles. The zero-order valence-corrected chi connectivity index (χ0v) is 7.88. The second kappa shape index (κ2) is 3.42. The summed E-state index contributed by atoms with van der Waals surface area (Å²) in [7, 11) is 0. The van der Waals surface area contributed by atoms with Gasteiger partial charge in [0, 0.05) is 49.5 Å². The third-order valence-corrected chi connectivity index (χ3v) is 1.46. The Morgan fingerprint density at radius 3 is 2.60 bits per heavy atom. The smallest absolute Gasteiger partial charge is 0.0453 e. The average Bonchev–Trinajstić information content (AvgIpc) is 2.33. The molecule has 1 nitrogen and oxygen atoms in total. The van der Waals surface area contributed by atoms with Gasteiger partial charge in [-0.25, -0.2) is 0 Å². The molecule has 0 fully saturated rings. The standard InChI is InChI=1S/C8H7N.Ca/c1-2-4-8-7(3-1)5-6-9-8;/h1-6,9H;. The molecule has 1 aromatic carbocycles. The molecule has 2 radical (unpaired) electrons. The molecule has 2 aromatic rings. The van der Waals surface area contributed by atoms with Gasteiger partial charge in [0.05, 0.1) is 0 Å². The summed E-state index contributed by atoms with van der Waals surface area (Å²) in [5.41, 5.74) is 1.21. The van der Waals surface area contributed by atoms with Crippen LogP contribution in [0, 0.1) is 0 Å². The molecule has 0 saturated carbocycles. The molecule has 0 unspecified atom stereocenters. The third kappa shape index (κ3) is 1.36. The van der Waals surface area contributed by atoms with Crippen LogP contribution in [0.5, 0.6) is 0 Å². The maximum atomic E-state index is 3.12. The number of hydrogen-bond acceptors (Lipinski definition) is 0. The van der Waals surface area contributed by atoms with E-state index in [0.717, 1.165) is 0 Å². The zero-order valence-electron chi connectivity index (χ0n) is 5.67. The van der Waals surface area contributed by atoms with E-state index in [9.17, 15) is 0 Å². The van der Waals surface area contributed by atoms with Gasteiger partial charge in [0.15, 0.2) is 0 Å². The number of para-hydroxylation sites is 1. The van der Waals surface area contributed by atoms with Gasteiger partial charge in [-0.2, -0.15) is 0 Å². The summed E-state index contributed by atoms with van der Waals surface area (Å²) >= 11 is 0. The molecular formula is C8H7CaN. The van der Waals surface area contributed by atoms with E-state index in [2.05, 4.69) is 23.2 Å². The van der Waals surface area contributed by atoms with Crippen LogP contribution >= 0.6 is 0 Å². The van der Waals surface area contributed by atoms with Crippen molar-refractivity contribution in [2.24, 2.45) is 0 Å². The van der Waals surface area contributed by atoms with E-state index in [4.69, 9.17) is 0 Å². The van der Waals surface area contributed by atoms with Gasteiger partial charge in [0.1, 0.15) is 0 Å². The summed E-state index contributed by atoms with van der Waals surface area (Å²) in [4.78, 5) is 3.12. The molecule has 2 rings (SSSR count). The number of H-pyrrole nitrogens is 1. The summed E-state index contributed by atoms with van der Waals surface area (Å²) in [6.07, 6.45) is 1.95. The monoisotopic (exact) mass is 157 g/mol. The zero-order chi connectivity index (χ0) is 6.10. The largest absolute Gasteiger partial charge is 0.361 e. The van der Waals surface area contributed by atoms with Gasteiger partial charge in [-0.05, 0) is 17.5 Å². The van der Waals surface area contributed by atoms with Crippen molar-refractivity contribution < 1.29 is 0 Å². The minimum Gasteiger partial charge on any atom is -0.361 e. The van der Waals surface area contributed by atoms with E-state index >= 15 is 0 Å². The molecule has 46 valence electrons. The van der Waals surface area contributed by atoms with Gasteiger partial charge < -0.3 is 4.98 Å². The molecule has 1 aromatic heterocycles. The van der Waals surface area contributed by atoms with Gasteiger partial charge in [0.2, 0.25) is 0 Å². The number of benzene rings is 1. The maximum Gasteiger partial charge on any atom is 0.0453 e. The first-order valence-electron chi connectivity index (χ1n) is 2.99. The van der Waals surface area contributed by atoms with E-state index in [0.29, 0.717) is 0 Å². The van der Waals surface area contributed by atoms with Gasteiger partial charge in [0.25, 0.3) is 0 Å². The Kier molecular flexibility index (Phi) is 2.78. The molecular weight excluding hydrogens is 150 g/mol. The van der Waals surface area contributed by atoms with E-state index in [1.54, 1.807) is 0 Å². The van der Waals surface area contributed by atoms with E-state index in [1.165, 1.54) is 10.9 Å². The maximum absolute atomic E-state index is 3.12. The second-order valence-corrected chi connectivity index (χ2v) is 2.06. The minimum absolute atomic E-state index is 0. The van der Waals surface area contributed by atoms with Crippen molar-refractivity contribution in [1.29, 1.82) is 0 Å². The summed E-state index contributed by atoms with van der Waals surface area (Å²) in [5, 5.41) is 1.28. The molecule has 10 heavy (non-hydrogen) atoms. The summed E-state index contributed by atoms with van der Waals surface area (Å²) < 4.78 is 0. The molecule has 0 aliphatic carbocycles. The third-order valence-electron chi connectivity index (χ3n) is 1.46. The number of aromatic amines is 1. The van der Waals surface area contributed by atoms with E-state index in [-0.39, 0.29) is 37.7 Å². The molecule has 1 heterocycles. The number of hydrogen-bond donors (Lipinski definition) is 1. The van der Waals surface area contributed by atoms with Crippen molar-refractivity contribution in [3.63, 3.8) is 0 Å². The molecule has 0 aliphatic rings. The SMILES string of the molecule is [Ca].c1ccc2[nH]ccc2c1. The molecule has 1 N–H and O–H groups in total. The number of nitrogens with one attached hydrogen (secondary N) is 1. The molecule has 0 spiro atoms. The van der Waals surface area contributed by atoms with E-state index in [1.807, 2.05) is 18.3 Å². The number of aromatic nitrogens is 1. The Hall–Kier alpha value is 0.0197. The second-order valence-electron chi connectivity index (χ2n) is 2.06. The van der Waals surface area contributed by atoms with Crippen molar-refractivity contribution in [1.82, 2.24) is 4.98 Å². The number of rotatable bonds is 0. The van der Waals surface area contributed by atoms with Crippen LogP contribution in [-0.4, -0.2) is 42.7 Å². The molecule has 0 atom stereocenters. The van der Waals surface area contributed by atoms with E-state index < -0.39 is 0 Å². The van der Waals surface area contributed by atoms with Crippen LogP contribution in [0.4, 0.5) is 0 Å². The number of fused-ring (bicyclic) bond motifs is 1. The molecule has 0 aliphatic heterocycles. The van der Waals surface area contributed by atoms with Crippen LogP contribution in [0.2, 0.25) is 0 Å². The van der Waals surface area contributed by atoms with Crippen molar-refractivity contribution in [2.45, 2.75) is 0 Å². The normalized spacial score (nSPS) is 9.20. The average molecular weight is 157 g/mol. The Labute approximate surface area is 89.4 Å². The summed E-state index contributed by atoms with van der Waals surface area (Å²) in [5.74, 6) is 0. The molecule has 0 amide bonds. The Morgan fingerprint density at radius 2 is 1.80 bits per heavy atom. The van der Waals surface area contributed by atoms with Crippen molar-refractivity contribution in [3.8, 4) is 0 Å². The van der Waals surface area contributed by atoms with Crippen LogP contribution in [0.1, 0.15) is 0 Å². The fraction of sp³-hybridized carbons (Fsp3) is 0. The molecule has 0 bridgehead atoms. The Morgan fingerprint density at radius 1 is 1.00 bits per heavy atom. The first kappa shape index (κ1) is 8.12. The van der Waals surface area contributed by atoms with Gasteiger partial charge in [-0.3, -0.25) is 0 Å². The Bertz CT molecular complexity index is 283. The van der Waals surface area contributed by atoms with Crippen molar-refractivity contribution in [2.75, 3.05) is 0 Å². The summed E-state index contributed by atoms with van der Waals surface area (Å²) in [6.45, 7) is 0. The van der Waals surface area contributed by atoms with Crippen LogP contribution in [-0.2, 0) is 0 Å². The first-order chi connectivity index (χ1) is 4.47. The van der Waals surface area contributed by atoms with Gasteiger partial charge >= 0.3 is 0 Å². The fourth-order valence-electron chi connectivity index (χ4n) is 0.995. The summed E-state index contributed by atoms with van der Waals surface area (Å²) in [6, 6.07) is 10.3.